The molecule has 0 bridgehead atoms. The molecule has 2 heterocycles. The maximum atomic E-state index is 12.2. The lowest BCUT2D eigenvalue weighted by atomic mass is 10.3. The average molecular weight is 374 g/mol. The first-order valence-electron chi connectivity index (χ1n) is 7.17. The van der Waals surface area contributed by atoms with Gasteiger partial charge in [0.1, 0.15) is 0 Å². The predicted octanol–water partition coefficient (Wildman–Crippen LogP) is 0.726. The number of hydrogen-bond donors (Lipinski definition) is 4. The number of nitrogens with two attached hydrogens (primary N) is 2. The minimum absolute atomic E-state index is 0.0306. The molecular formula is C14H14N8O3S. The standard InChI is InChI=1S/C14H14N8O3S/c15-12-20-13(18-9-3-5-11(6-4-9)26(16,24)25)21-22(12)14(23)19-10-2-1-7-17-8-10/h1-8H,(H,19,23)(H2,16,24,25)(H3,15,18,20,21). The van der Waals surface area contributed by atoms with Crippen LogP contribution in [0.25, 0.3) is 0 Å². The molecule has 0 atom stereocenters. The molecule has 3 rings (SSSR count). The van der Waals surface area contributed by atoms with Crippen molar-refractivity contribution in [2.75, 3.05) is 16.4 Å². The Bertz CT molecular complexity index is 1030. The molecule has 0 unspecified atom stereocenters. The summed E-state index contributed by atoms with van der Waals surface area (Å²) in [5.41, 5.74) is 6.67. The van der Waals surface area contributed by atoms with E-state index in [1.807, 2.05) is 0 Å². The highest BCUT2D eigenvalue weighted by Gasteiger charge is 2.15. The summed E-state index contributed by atoms with van der Waals surface area (Å²) >= 11 is 0. The first kappa shape index (κ1) is 17.3. The van der Waals surface area contributed by atoms with E-state index in [2.05, 4.69) is 25.7 Å². The topological polar surface area (TPSA) is 171 Å². The molecule has 26 heavy (non-hydrogen) atoms. The molecule has 0 aliphatic rings. The average Bonchev–Trinajstić information content (AvgIpc) is 2.96. The molecule has 3 aromatic rings. The molecule has 11 nitrogen and oxygen atoms in total. The van der Waals surface area contributed by atoms with Gasteiger partial charge in [-0.25, -0.2) is 18.4 Å². The minimum Gasteiger partial charge on any atom is -0.368 e. The van der Waals surface area contributed by atoms with Crippen molar-refractivity contribution in [2.45, 2.75) is 4.90 Å². The van der Waals surface area contributed by atoms with Crippen molar-refractivity contribution in [3.8, 4) is 0 Å². The van der Waals surface area contributed by atoms with E-state index in [0.717, 1.165) is 4.68 Å². The van der Waals surface area contributed by atoms with Crippen LogP contribution in [0.2, 0.25) is 0 Å². The van der Waals surface area contributed by atoms with Crippen LogP contribution in [0.15, 0.2) is 53.7 Å². The molecule has 6 N–H and O–H groups in total. The molecule has 134 valence electrons. The molecular weight excluding hydrogens is 360 g/mol. The van der Waals surface area contributed by atoms with Crippen LogP contribution in [0.3, 0.4) is 0 Å². The number of benzene rings is 1. The number of nitrogen functional groups attached to an aromatic ring is 1. The second kappa shape index (κ2) is 6.78. The van der Waals surface area contributed by atoms with Gasteiger partial charge in [0.05, 0.1) is 16.8 Å². The largest absolute Gasteiger partial charge is 0.368 e. The Hall–Kier alpha value is -3.51. The highest BCUT2D eigenvalue weighted by Crippen LogP contribution is 2.17. The second-order valence-electron chi connectivity index (χ2n) is 5.07. The third-order valence-corrected chi connectivity index (χ3v) is 4.11. The van der Waals surface area contributed by atoms with Crippen LogP contribution in [-0.2, 0) is 10.0 Å². The van der Waals surface area contributed by atoms with Gasteiger partial charge in [0.2, 0.25) is 21.9 Å². The van der Waals surface area contributed by atoms with Crippen LogP contribution >= 0.6 is 0 Å². The SMILES string of the molecule is Nc1nc(Nc2ccc(S(N)(=O)=O)cc2)nn1C(=O)Nc1cccnc1. The van der Waals surface area contributed by atoms with Gasteiger partial charge >= 0.3 is 6.03 Å². The summed E-state index contributed by atoms with van der Waals surface area (Å²) in [4.78, 5) is 20.0. The van der Waals surface area contributed by atoms with Crippen LogP contribution in [0.5, 0.6) is 0 Å². The van der Waals surface area contributed by atoms with E-state index in [4.69, 9.17) is 10.9 Å². The molecule has 0 saturated heterocycles. The monoisotopic (exact) mass is 374 g/mol. The summed E-state index contributed by atoms with van der Waals surface area (Å²) in [5.74, 6) is -0.0674. The fourth-order valence-corrected chi connectivity index (χ4v) is 2.51. The number of nitrogens with zero attached hydrogens (tertiary/aromatic N) is 4. The number of aromatic nitrogens is 4. The predicted molar refractivity (Wildman–Crippen MR) is 94.2 cm³/mol. The number of nitrogens with one attached hydrogen (secondary N) is 2. The van der Waals surface area contributed by atoms with Crippen LogP contribution in [0.4, 0.5) is 28.1 Å². The smallest absolute Gasteiger partial charge is 0.349 e. The molecule has 0 aliphatic carbocycles. The third-order valence-electron chi connectivity index (χ3n) is 3.18. The summed E-state index contributed by atoms with van der Waals surface area (Å²) in [6.45, 7) is 0. The molecule has 0 fully saturated rings. The molecule has 0 aliphatic heterocycles. The highest BCUT2D eigenvalue weighted by molar-refractivity contribution is 7.89. The number of hydrogen-bond acceptors (Lipinski definition) is 8. The van der Waals surface area contributed by atoms with Gasteiger partial charge in [0.25, 0.3) is 0 Å². The van der Waals surface area contributed by atoms with Crippen molar-refractivity contribution < 1.29 is 13.2 Å². The highest BCUT2D eigenvalue weighted by atomic mass is 32.2. The molecule has 2 aromatic heterocycles. The first-order valence-corrected chi connectivity index (χ1v) is 8.71. The lowest BCUT2D eigenvalue weighted by Gasteiger charge is -2.04. The number of primary sulfonamides is 1. The molecule has 0 radical (unpaired) electrons. The van der Waals surface area contributed by atoms with E-state index < -0.39 is 16.1 Å². The lowest BCUT2D eigenvalue weighted by molar-refractivity contribution is 0.251. The van der Waals surface area contributed by atoms with Crippen LogP contribution < -0.4 is 21.5 Å². The van der Waals surface area contributed by atoms with Crippen molar-refractivity contribution in [3.05, 3.63) is 48.8 Å². The number of sulfonamides is 1. The van der Waals surface area contributed by atoms with Crippen molar-refractivity contribution in [3.63, 3.8) is 0 Å². The van der Waals surface area contributed by atoms with E-state index in [-0.39, 0.29) is 16.8 Å². The van der Waals surface area contributed by atoms with Crippen molar-refractivity contribution in [1.82, 2.24) is 19.7 Å². The van der Waals surface area contributed by atoms with E-state index >= 15 is 0 Å². The lowest BCUT2D eigenvalue weighted by Crippen LogP contribution is -2.22. The number of rotatable bonds is 4. The Morgan fingerprint density at radius 1 is 1.12 bits per heavy atom. The van der Waals surface area contributed by atoms with Gasteiger partial charge in [0, 0.05) is 11.9 Å². The quantitative estimate of drug-likeness (QED) is 0.517. The maximum Gasteiger partial charge on any atom is 0.349 e. The summed E-state index contributed by atoms with van der Waals surface area (Å²) in [7, 11) is -3.78. The van der Waals surface area contributed by atoms with Gasteiger partial charge < -0.3 is 16.4 Å². The minimum atomic E-state index is -3.78. The first-order chi connectivity index (χ1) is 12.3. The summed E-state index contributed by atoms with van der Waals surface area (Å²) in [6, 6.07) is 8.32. The summed E-state index contributed by atoms with van der Waals surface area (Å²) in [5, 5.41) is 14.4. The van der Waals surface area contributed by atoms with Gasteiger partial charge in [-0.2, -0.15) is 4.98 Å². The summed E-state index contributed by atoms with van der Waals surface area (Å²) in [6.07, 6.45) is 3.04. The Labute approximate surface area is 148 Å². The van der Waals surface area contributed by atoms with Crippen LogP contribution in [0, 0.1) is 0 Å². The molecule has 0 spiro atoms. The number of amides is 1. The fourth-order valence-electron chi connectivity index (χ4n) is 2.00. The van der Waals surface area contributed by atoms with Crippen molar-refractivity contribution in [2.24, 2.45) is 5.14 Å². The summed E-state index contributed by atoms with van der Waals surface area (Å²) < 4.78 is 23.4. The normalized spacial score (nSPS) is 11.1. The van der Waals surface area contributed by atoms with Gasteiger partial charge in [-0.15, -0.1) is 9.78 Å². The zero-order valence-electron chi connectivity index (χ0n) is 13.2. The zero-order chi connectivity index (χ0) is 18.7. The van der Waals surface area contributed by atoms with Gasteiger partial charge in [0.15, 0.2) is 0 Å². The third kappa shape index (κ3) is 3.93. The Morgan fingerprint density at radius 2 is 1.85 bits per heavy atom. The van der Waals surface area contributed by atoms with Gasteiger partial charge in [-0.05, 0) is 36.4 Å². The number of carbonyl (C=O) groups is 1. The molecule has 0 saturated carbocycles. The van der Waals surface area contributed by atoms with Gasteiger partial charge in [-0.1, -0.05) is 0 Å². The number of carbonyl (C=O) groups excluding carboxylic acids is 1. The zero-order valence-corrected chi connectivity index (χ0v) is 14.0. The Kier molecular flexibility index (Phi) is 4.51. The molecule has 12 heteroatoms. The van der Waals surface area contributed by atoms with E-state index in [1.165, 1.54) is 30.5 Å². The molecule has 1 amide bonds. The van der Waals surface area contributed by atoms with E-state index in [9.17, 15) is 13.2 Å². The van der Waals surface area contributed by atoms with E-state index in [0.29, 0.717) is 11.4 Å². The second-order valence-corrected chi connectivity index (χ2v) is 6.63. The van der Waals surface area contributed by atoms with Gasteiger partial charge in [-0.3, -0.25) is 4.98 Å². The maximum absolute atomic E-state index is 12.2. The van der Waals surface area contributed by atoms with E-state index in [1.54, 1.807) is 18.3 Å². The number of pyridine rings is 1. The fraction of sp³-hybridized carbons (Fsp3) is 0. The van der Waals surface area contributed by atoms with Crippen molar-refractivity contribution in [1.29, 1.82) is 0 Å². The Morgan fingerprint density at radius 3 is 2.46 bits per heavy atom. The van der Waals surface area contributed by atoms with Crippen LogP contribution in [0.1, 0.15) is 0 Å². The van der Waals surface area contributed by atoms with Crippen LogP contribution in [-0.4, -0.2) is 34.2 Å². The van der Waals surface area contributed by atoms with Crippen molar-refractivity contribution >= 4 is 39.3 Å². The Balaban J connectivity index is 1.74. The molecule has 1 aromatic carbocycles. The number of anilines is 4.